The minimum atomic E-state index is -1.80. The van der Waals surface area contributed by atoms with Gasteiger partial charge in [-0.3, -0.25) is 19.2 Å². The van der Waals surface area contributed by atoms with Crippen LogP contribution in [0.3, 0.4) is 0 Å². The van der Waals surface area contributed by atoms with E-state index in [4.69, 9.17) is 4.74 Å². The number of hydrogen-bond donors (Lipinski definition) is 1. The van der Waals surface area contributed by atoms with Crippen molar-refractivity contribution in [1.29, 1.82) is 0 Å². The van der Waals surface area contributed by atoms with Gasteiger partial charge in [0.1, 0.15) is 11.4 Å². The largest absolute Gasteiger partial charge is 1.00 e. The fraction of sp³-hybridized carbons (Fsp3) is 0.640. The third kappa shape index (κ3) is 4.16. The van der Waals surface area contributed by atoms with Crippen molar-refractivity contribution in [3.8, 4) is 0 Å². The summed E-state index contributed by atoms with van der Waals surface area (Å²) >= 11 is 0. The van der Waals surface area contributed by atoms with Gasteiger partial charge in [-0.1, -0.05) is 25.5 Å². The molecule has 4 aliphatic carbocycles. The van der Waals surface area contributed by atoms with Crippen molar-refractivity contribution in [3.05, 3.63) is 23.8 Å². The fourth-order valence-electron chi connectivity index (χ4n) is 7.03. The van der Waals surface area contributed by atoms with Crippen LogP contribution in [-0.2, 0) is 28.7 Å². The van der Waals surface area contributed by atoms with Crippen molar-refractivity contribution in [2.24, 2.45) is 28.6 Å². The van der Waals surface area contributed by atoms with Gasteiger partial charge in [0.15, 0.2) is 12.4 Å². The standard InChI is InChI=1S/C25H30O8.Na/c1-23-9-7-15(26)11-14(23)3-4-16-17-8-10-25(32,24(17,2)12-18(27)22(16)23)19(28)13-33-21(31)6-5-20(29)30;/h7,9,11,16-17,22,32H,3-6,8,10,12-13H2,1-2H3,(H,29,30);/q;+1/p-1/t16-,17-,22+,23-,24-,25-;/m0./s1. The van der Waals surface area contributed by atoms with E-state index in [2.05, 4.69) is 0 Å². The summed E-state index contributed by atoms with van der Waals surface area (Å²) in [6, 6.07) is 0. The molecule has 8 nitrogen and oxygen atoms in total. The second-order valence-corrected chi connectivity index (χ2v) is 10.4. The normalized spacial score (nSPS) is 38.1. The van der Waals surface area contributed by atoms with Gasteiger partial charge in [-0.15, -0.1) is 0 Å². The number of ether oxygens (including phenoxy) is 1. The zero-order valence-corrected chi connectivity index (χ0v) is 21.9. The minimum absolute atomic E-state index is 0. The summed E-state index contributed by atoms with van der Waals surface area (Å²) in [4.78, 5) is 60.7. The minimum Gasteiger partial charge on any atom is -0.550 e. The molecule has 0 unspecified atom stereocenters. The fourth-order valence-corrected chi connectivity index (χ4v) is 7.03. The molecule has 0 aliphatic heterocycles. The first kappa shape index (κ1) is 27.0. The summed E-state index contributed by atoms with van der Waals surface area (Å²) in [6.07, 6.45) is 6.27. The van der Waals surface area contributed by atoms with Gasteiger partial charge in [-0.05, 0) is 56.1 Å². The monoisotopic (exact) mass is 480 g/mol. The van der Waals surface area contributed by atoms with Gasteiger partial charge in [0, 0.05) is 29.1 Å². The van der Waals surface area contributed by atoms with E-state index >= 15 is 0 Å². The maximum atomic E-state index is 13.5. The Labute approximate surface area is 220 Å². The van der Waals surface area contributed by atoms with Gasteiger partial charge in [-0.25, -0.2) is 0 Å². The van der Waals surface area contributed by atoms with Gasteiger partial charge in [0.25, 0.3) is 0 Å². The second-order valence-electron chi connectivity index (χ2n) is 10.4. The third-order valence-corrected chi connectivity index (χ3v) is 8.77. The van der Waals surface area contributed by atoms with Crippen molar-refractivity contribution in [1.82, 2.24) is 0 Å². The van der Waals surface area contributed by atoms with E-state index < -0.39 is 53.6 Å². The summed E-state index contributed by atoms with van der Waals surface area (Å²) < 4.78 is 4.91. The number of allylic oxidation sites excluding steroid dienone is 4. The molecule has 0 bridgehead atoms. The van der Waals surface area contributed by atoms with E-state index in [1.54, 1.807) is 13.0 Å². The summed E-state index contributed by atoms with van der Waals surface area (Å²) in [5, 5.41) is 22.0. The second kappa shape index (κ2) is 9.45. The molecule has 34 heavy (non-hydrogen) atoms. The van der Waals surface area contributed by atoms with E-state index in [1.165, 1.54) is 6.08 Å². The molecule has 4 rings (SSSR count). The molecular formula is C25H29NaO8. The molecule has 0 saturated heterocycles. The Balaban J connectivity index is 0.00000324. The molecule has 0 radical (unpaired) electrons. The van der Waals surface area contributed by atoms with E-state index in [0.29, 0.717) is 19.3 Å². The van der Waals surface area contributed by atoms with Crippen LogP contribution < -0.4 is 34.7 Å². The van der Waals surface area contributed by atoms with Crippen LogP contribution in [0.4, 0.5) is 0 Å². The van der Waals surface area contributed by atoms with Crippen LogP contribution in [0, 0.1) is 28.6 Å². The zero-order chi connectivity index (χ0) is 24.2. The third-order valence-electron chi connectivity index (χ3n) is 8.77. The Kier molecular flexibility index (Phi) is 7.50. The molecule has 0 heterocycles. The van der Waals surface area contributed by atoms with Crippen LogP contribution in [0.5, 0.6) is 0 Å². The molecule has 9 heteroatoms. The smallest absolute Gasteiger partial charge is 0.550 e. The van der Waals surface area contributed by atoms with E-state index in [9.17, 15) is 34.2 Å². The molecule has 3 saturated carbocycles. The van der Waals surface area contributed by atoms with Crippen LogP contribution in [0.2, 0.25) is 0 Å². The van der Waals surface area contributed by atoms with Gasteiger partial charge in [-0.2, -0.15) is 0 Å². The number of fused-ring (bicyclic) bond motifs is 5. The summed E-state index contributed by atoms with van der Waals surface area (Å²) in [6.45, 7) is 3.11. The molecule has 3 fully saturated rings. The molecule has 4 aliphatic rings. The van der Waals surface area contributed by atoms with Gasteiger partial charge in [0.05, 0.1) is 6.42 Å². The van der Waals surface area contributed by atoms with Crippen LogP contribution in [0.15, 0.2) is 23.8 Å². The van der Waals surface area contributed by atoms with E-state index in [-0.39, 0.29) is 71.7 Å². The average molecular weight is 480 g/mol. The molecule has 0 aromatic carbocycles. The number of aliphatic carboxylic acids is 1. The number of ketones is 3. The molecule has 0 amide bonds. The number of aliphatic hydroxyl groups is 1. The van der Waals surface area contributed by atoms with Crippen LogP contribution in [0.1, 0.15) is 58.8 Å². The Bertz CT molecular complexity index is 999. The topological polar surface area (TPSA) is 138 Å². The summed E-state index contributed by atoms with van der Waals surface area (Å²) in [5.41, 5.74) is -2.34. The molecule has 178 valence electrons. The summed E-state index contributed by atoms with van der Waals surface area (Å²) in [7, 11) is 0. The number of carbonyl (C=O) groups is 5. The van der Waals surface area contributed by atoms with Crippen molar-refractivity contribution in [2.75, 3.05) is 6.61 Å². The first-order valence-corrected chi connectivity index (χ1v) is 11.5. The van der Waals surface area contributed by atoms with Crippen LogP contribution >= 0.6 is 0 Å². The molecule has 0 aromatic heterocycles. The number of carboxylic acids is 1. The van der Waals surface area contributed by atoms with Gasteiger partial charge < -0.3 is 19.7 Å². The molecular weight excluding hydrogens is 451 g/mol. The first-order valence-electron chi connectivity index (χ1n) is 11.5. The number of rotatable bonds is 6. The van der Waals surface area contributed by atoms with E-state index in [0.717, 1.165) is 5.57 Å². The number of esters is 1. The summed E-state index contributed by atoms with van der Waals surface area (Å²) in [5.74, 6) is -3.39. The predicted octanol–water partition coefficient (Wildman–Crippen LogP) is -2.15. The Morgan fingerprint density at radius 2 is 1.88 bits per heavy atom. The van der Waals surface area contributed by atoms with Crippen LogP contribution in [0.25, 0.3) is 0 Å². The van der Waals surface area contributed by atoms with Crippen molar-refractivity contribution in [3.63, 3.8) is 0 Å². The zero-order valence-electron chi connectivity index (χ0n) is 19.9. The first-order chi connectivity index (χ1) is 15.4. The SMILES string of the molecule is C[C@]12C=CC(=O)C=C1CC[C@@H]1[C@@H]2C(=O)C[C@@]2(C)[C@H]1CC[C@]2(O)C(=O)COC(=O)CCC(=O)[O-].[Na+]. The Hall–Kier alpha value is -1.61. The number of carboxylic acid groups (broad SMARTS) is 1. The quantitative estimate of drug-likeness (QED) is 0.336. The molecule has 0 aromatic rings. The number of carbonyl (C=O) groups excluding carboxylic acids is 5. The average Bonchev–Trinajstić information content (AvgIpc) is 3.02. The maximum absolute atomic E-state index is 13.5. The number of Topliss-reactive ketones (excluding diaryl/α,β-unsaturated/α-hetero) is 2. The molecule has 6 atom stereocenters. The maximum Gasteiger partial charge on any atom is 1.00 e. The molecule has 1 N–H and O–H groups in total. The van der Waals surface area contributed by atoms with Gasteiger partial charge in [0.2, 0.25) is 5.78 Å². The van der Waals surface area contributed by atoms with Gasteiger partial charge >= 0.3 is 35.5 Å². The Morgan fingerprint density at radius 3 is 2.56 bits per heavy atom. The van der Waals surface area contributed by atoms with E-state index in [1.807, 2.05) is 13.0 Å². The Morgan fingerprint density at radius 1 is 1.18 bits per heavy atom. The number of hydrogen-bond acceptors (Lipinski definition) is 8. The predicted molar refractivity (Wildman–Crippen MR) is 112 cm³/mol. The van der Waals surface area contributed by atoms with Crippen LogP contribution in [-0.4, -0.2) is 46.6 Å². The van der Waals surface area contributed by atoms with Crippen molar-refractivity contribution < 1.29 is 68.5 Å². The molecule has 0 spiro atoms. The van der Waals surface area contributed by atoms with Crippen molar-refractivity contribution >= 4 is 29.3 Å². The van der Waals surface area contributed by atoms with Crippen molar-refractivity contribution in [2.45, 2.75) is 64.4 Å².